The molecule has 0 spiro atoms. The van der Waals surface area contributed by atoms with Crippen LogP contribution in [0.3, 0.4) is 0 Å². The highest BCUT2D eigenvalue weighted by atomic mass is 16.8. The summed E-state index contributed by atoms with van der Waals surface area (Å²) in [6.07, 6.45) is -0.749. The molecule has 0 aliphatic carbocycles. The van der Waals surface area contributed by atoms with Gasteiger partial charge in [0, 0.05) is 6.54 Å². The van der Waals surface area contributed by atoms with Gasteiger partial charge in [-0.2, -0.15) is 0 Å². The second-order valence-electron chi connectivity index (χ2n) is 3.86. The second-order valence-corrected chi connectivity index (χ2v) is 3.86. The topological polar surface area (TPSA) is 82.8 Å². The molecule has 15 heavy (non-hydrogen) atoms. The Bertz CT molecular complexity index is 179. The number of rotatable bonds is 6. The summed E-state index contributed by atoms with van der Waals surface area (Å²) >= 11 is 0. The van der Waals surface area contributed by atoms with Gasteiger partial charge >= 0.3 is 6.16 Å². The number of nitrogens with two attached hydrogens (primary N) is 1. The highest BCUT2D eigenvalue weighted by molar-refractivity contribution is 5.60. The van der Waals surface area contributed by atoms with Crippen LogP contribution in [0.15, 0.2) is 0 Å². The number of nitrogens with one attached hydrogen (secondary N) is 1. The minimum atomic E-state index is -0.749. The summed E-state index contributed by atoms with van der Waals surface area (Å²) in [6, 6.07) is 0. The Balaban J connectivity index is 3.32. The lowest BCUT2D eigenvalue weighted by Crippen LogP contribution is -2.30. The molecule has 0 aliphatic heterocycles. The van der Waals surface area contributed by atoms with Crippen molar-refractivity contribution in [3.8, 4) is 0 Å². The van der Waals surface area contributed by atoms with Crippen LogP contribution in [0, 0.1) is 0 Å². The van der Waals surface area contributed by atoms with Crippen molar-refractivity contribution in [2.45, 2.75) is 26.4 Å². The predicted molar refractivity (Wildman–Crippen MR) is 55.2 cm³/mol. The normalized spacial score (nSPS) is 11.2. The van der Waals surface area contributed by atoms with Crippen LogP contribution in [-0.4, -0.2) is 38.1 Å². The van der Waals surface area contributed by atoms with Crippen LogP contribution in [-0.2, 0) is 14.3 Å². The third-order valence-corrected chi connectivity index (χ3v) is 1.16. The zero-order chi connectivity index (χ0) is 11.7. The van der Waals surface area contributed by atoms with E-state index < -0.39 is 11.8 Å². The molecule has 0 aliphatic rings. The number of carbonyl (C=O) groups is 1. The molecule has 90 valence electrons. The lowest BCUT2D eigenvalue weighted by molar-refractivity contribution is -0.0358. The quantitative estimate of drug-likeness (QED) is 0.383. The first-order valence-electron chi connectivity index (χ1n) is 4.86. The maximum absolute atomic E-state index is 11.0. The third kappa shape index (κ3) is 11.1. The molecule has 0 bridgehead atoms. The molecule has 0 radical (unpaired) electrons. The van der Waals surface area contributed by atoms with Crippen molar-refractivity contribution in [1.82, 2.24) is 5.48 Å². The monoisotopic (exact) mass is 220 g/mol. The highest BCUT2D eigenvalue weighted by Gasteiger charge is 2.17. The van der Waals surface area contributed by atoms with Gasteiger partial charge in [0.1, 0.15) is 5.60 Å². The van der Waals surface area contributed by atoms with E-state index in [-0.39, 0.29) is 0 Å². The highest BCUT2D eigenvalue weighted by Crippen LogP contribution is 2.07. The molecule has 6 heteroatoms. The fourth-order valence-corrected chi connectivity index (χ4v) is 0.680. The minimum absolute atomic E-state index is 0.402. The van der Waals surface area contributed by atoms with Crippen LogP contribution in [0.2, 0.25) is 0 Å². The summed E-state index contributed by atoms with van der Waals surface area (Å²) in [4.78, 5) is 15.6. The molecule has 6 nitrogen and oxygen atoms in total. The van der Waals surface area contributed by atoms with E-state index in [2.05, 4.69) is 10.3 Å². The van der Waals surface area contributed by atoms with Gasteiger partial charge in [-0.1, -0.05) is 0 Å². The van der Waals surface area contributed by atoms with Crippen LogP contribution < -0.4 is 11.2 Å². The summed E-state index contributed by atoms with van der Waals surface area (Å²) in [7, 11) is 0. The largest absolute Gasteiger partial charge is 0.528 e. The Kier molecular flexibility index (Phi) is 7.02. The maximum atomic E-state index is 11.0. The van der Waals surface area contributed by atoms with Crippen molar-refractivity contribution in [2.24, 2.45) is 5.73 Å². The van der Waals surface area contributed by atoms with Gasteiger partial charge in [0.25, 0.3) is 0 Å². The molecule has 0 rings (SSSR count). The van der Waals surface area contributed by atoms with Gasteiger partial charge in [0.2, 0.25) is 0 Å². The molecule has 0 saturated heterocycles. The van der Waals surface area contributed by atoms with E-state index in [1.807, 2.05) is 0 Å². The average molecular weight is 220 g/mol. The standard InChI is InChI=1S/C9H20N2O4/c1-9(2,3)14-8(12)15-11-5-7-13-6-4-10/h11H,4-7,10H2,1-3H3. The Morgan fingerprint density at radius 3 is 2.53 bits per heavy atom. The SMILES string of the molecule is CC(C)(C)OC(=O)ONCCOCCN. The van der Waals surface area contributed by atoms with E-state index in [1.165, 1.54) is 0 Å². The van der Waals surface area contributed by atoms with Gasteiger partial charge in [-0.05, 0) is 20.8 Å². The molecule has 0 aromatic rings. The van der Waals surface area contributed by atoms with Crippen molar-refractivity contribution >= 4 is 6.16 Å². The van der Waals surface area contributed by atoms with Crippen LogP contribution in [0.25, 0.3) is 0 Å². The van der Waals surface area contributed by atoms with Gasteiger partial charge < -0.3 is 20.0 Å². The number of carbonyl (C=O) groups excluding carboxylic acids is 1. The van der Waals surface area contributed by atoms with E-state index in [0.29, 0.717) is 26.3 Å². The lowest BCUT2D eigenvalue weighted by atomic mass is 10.2. The first kappa shape index (κ1) is 14.2. The summed E-state index contributed by atoms with van der Waals surface area (Å²) in [6.45, 7) is 7.09. The van der Waals surface area contributed by atoms with Gasteiger partial charge in [0.15, 0.2) is 0 Å². The van der Waals surface area contributed by atoms with Crippen molar-refractivity contribution in [1.29, 1.82) is 0 Å². The van der Waals surface area contributed by atoms with Crippen LogP contribution >= 0.6 is 0 Å². The van der Waals surface area contributed by atoms with Crippen LogP contribution in [0.4, 0.5) is 4.79 Å². The van der Waals surface area contributed by atoms with E-state index in [0.717, 1.165) is 0 Å². The number of hydrogen-bond acceptors (Lipinski definition) is 6. The molecule has 0 heterocycles. The summed E-state index contributed by atoms with van der Waals surface area (Å²) in [5.41, 5.74) is 7.09. The van der Waals surface area contributed by atoms with Crippen LogP contribution in [0.5, 0.6) is 0 Å². The van der Waals surface area contributed by atoms with Crippen molar-refractivity contribution in [2.75, 3.05) is 26.3 Å². The van der Waals surface area contributed by atoms with E-state index >= 15 is 0 Å². The van der Waals surface area contributed by atoms with Crippen LogP contribution in [0.1, 0.15) is 20.8 Å². The molecule has 0 saturated carbocycles. The summed E-state index contributed by atoms with van der Waals surface area (Å²) in [5, 5.41) is 0. The summed E-state index contributed by atoms with van der Waals surface area (Å²) < 4.78 is 9.93. The van der Waals surface area contributed by atoms with Crippen molar-refractivity contribution in [3.63, 3.8) is 0 Å². The van der Waals surface area contributed by atoms with E-state index in [9.17, 15) is 4.79 Å². The van der Waals surface area contributed by atoms with Gasteiger partial charge in [-0.3, -0.25) is 0 Å². The lowest BCUT2D eigenvalue weighted by Gasteiger charge is -2.18. The number of hydroxylamine groups is 1. The van der Waals surface area contributed by atoms with Crippen molar-refractivity contribution < 1.29 is 19.1 Å². The fourth-order valence-electron chi connectivity index (χ4n) is 0.680. The fraction of sp³-hybridized carbons (Fsp3) is 0.889. The second kappa shape index (κ2) is 7.44. The smallest absolute Gasteiger partial charge is 0.427 e. The third-order valence-electron chi connectivity index (χ3n) is 1.16. The summed E-state index contributed by atoms with van der Waals surface area (Å²) in [5.74, 6) is 0. The molecule has 0 aromatic carbocycles. The Morgan fingerprint density at radius 1 is 1.33 bits per heavy atom. The number of hydrogen-bond donors (Lipinski definition) is 2. The molecule has 0 atom stereocenters. The Morgan fingerprint density at radius 2 is 2.00 bits per heavy atom. The van der Waals surface area contributed by atoms with Gasteiger partial charge in [0.05, 0.1) is 19.8 Å². The van der Waals surface area contributed by atoms with E-state index in [1.54, 1.807) is 20.8 Å². The first-order chi connectivity index (χ1) is 6.95. The molecule has 0 fully saturated rings. The number of ether oxygens (including phenoxy) is 2. The molecule has 0 aromatic heterocycles. The predicted octanol–water partition coefficient (Wildman–Crippen LogP) is 0.418. The maximum Gasteiger partial charge on any atom is 0.528 e. The zero-order valence-corrected chi connectivity index (χ0v) is 9.54. The first-order valence-corrected chi connectivity index (χ1v) is 4.86. The average Bonchev–Trinajstić information content (AvgIpc) is 2.08. The van der Waals surface area contributed by atoms with Crippen molar-refractivity contribution in [3.05, 3.63) is 0 Å². The van der Waals surface area contributed by atoms with E-state index in [4.69, 9.17) is 15.2 Å². The zero-order valence-electron chi connectivity index (χ0n) is 9.54. The molecular formula is C9H20N2O4. The van der Waals surface area contributed by atoms with Gasteiger partial charge in [-0.15, -0.1) is 5.48 Å². The van der Waals surface area contributed by atoms with Gasteiger partial charge in [-0.25, -0.2) is 4.79 Å². The molecular weight excluding hydrogens is 200 g/mol. The Hall–Kier alpha value is -0.850. The molecule has 3 N–H and O–H groups in total. The Labute approximate surface area is 90.0 Å². The molecule has 0 unspecified atom stereocenters. The minimum Gasteiger partial charge on any atom is -0.427 e. The molecule has 0 amide bonds.